The Bertz CT molecular complexity index is 1220. The maximum absolute atomic E-state index is 13.4. The van der Waals surface area contributed by atoms with Crippen molar-refractivity contribution in [3.05, 3.63) is 74.3 Å². The quantitative estimate of drug-likeness (QED) is 0.610. The standard InChI is InChI=1S/C23H22Cl2N4O3/c1-2-28(13-20-26-18-7-4-3-6-17(18)21(30)27-20)23(32)19-8-5-9-29(19)22(31)14-10-15(24)12-16(25)11-14/h3-4,6-7,10-12,19H,2,5,8-9,13H2,1H3,(H,26,27,30). The van der Waals surface area contributed by atoms with Crippen molar-refractivity contribution in [2.75, 3.05) is 13.1 Å². The van der Waals surface area contributed by atoms with Gasteiger partial charge in [0.15, 0.2) is 0 Å². The molecule has 1 aliphatic rings. The van der Waals surface area contributed by atoms with Crippen LogP contribution in [0.2, 0.25) is 10.0 Å². The number of aromatic amines is 1. The summed E-state index contributed by atoms with van der Waals surface area (Å²) in [5.41, 5.74) is 0.681. The van der Waals surface area contributed by atoms with E-state index < -0.39 is 6.04 Å². The summed E-state index contributed by atoms with van der Waals surface area (Å²) >= 11 is 12.1. The Hall–Kier alpha value is -2.90. The number of hydrogen-bond acceptors (Lipinski definition) is 4. The first kappa shape index (κ1) is 22.3. The second-order valence-corrected chi connectivity index (χ2v) is 8.57. The summed E-state index contributed by atoms with van der Waals surface area (Å²) in [7, 11) is 0. The molecular weight excluding hydrogens is 451 g/mol. The van der Waals surface area contributed by atoms with Gasteiger partial charge in [-0.05, 0) is 50.1 Å². The number of nitrogens with zero attached hydrogens (tertiary/aromatic N) is 3. The van der Waals surface area contributed by atoms with Crippen LogP contribution in [-0.2, 0) is 11.3 Å². The lowest BCUT2D eigenvalue weighted by atomic mass is 10.1. The van der Waals surface area contributed by atoms with Crippen LogP contribution in [0.5, 0.6) is 0 Å². The molecule has 7 nitrogen and oxygen atoms in total. The Balaban J connectivity index is 1.56. The highest BCUT2D eigenvalue weighted by atomic mass is 35.5. The van der Waals surface area contributed by atoms with Gasteiger partial charge in [0.05, 0.1) is 17.4 Å². The van der Waals surface area contributed by atoms with E-state index in [1.807, 2.05) is 13.0 Å². The zero-order chi connectivity index (χ0) is 22.8. The van der Waals surface area contributed by atoms with Crippen LogP contribution < -0.4 is 5.56 Å². The van der Waals surface area contributed by atoms with Crippen LogP contribution in [0.4, 0.5) is 0 Å². The molecule has 1 N–H and O–H groups in total. The number of nitrogens with one attached hydrogen (secondary N) is 1. The summed E-state index contributed by atoms with van der Waals surface area (Å²) in [4.78, 5) is 49.3. The lowest BCUT2D eigenvalue weighted by molar-refractivity contribution is -0.135. The summed E-state index contributed by atoms with van der Waals surface area (Å²) in [5, 5.41) is 1.23. The highest BCUT2D eigenvalue weighted by Crippen LogP contribution is 2.25. The molecular formula is C23H22Cl2N4O3. The molecule has 2 aromatic carbocycles. The number of para-hydroxylation sites is 1. The van der Waals surface area contributed by atoms with Gasteiger partial charge in [-0.2, -0.15) is 0 Å². The highest BCUT2D eigenvalue weighted by Gasteiger charge is 2.37. The van der Waals surface area contributed by atoms with Crippen molar-refractivity contribution in [2.24, 2.45) is 0 Å². The van der Waals surface area contributed by atoms with E-state index in [0.717, 1.165) is 6.42 Å². The van der Waals surface area contributed by atoms with Crippen LogP contribution in [0.1, 0.15) is 35.9 Å². The molecule has 1 unspecified atom stereocenters. The molecule has 3 aromatic rings. The minimum atomic E-state index is -0.590. The smallest absolute Gasteiger partial charge is 0.258 e. The highest BCUT2D eigenvalue weighted by molar-refractivity contribution is 6.35. The molecule has 0 spiro atoms. The second kappa shape index (κ2) is 9.30. The van der Waals surface area contributed by atoms with Crippen LogP contribution >= 0.6 is 23.2 Å². The summed E-state index contributed by atoms with van der Waals surface area (Å²) < 4.78 is 0. The average Bonchev–Trinajstić information content (AvgIpc) is 3.26. The van der Waals surface area contributed by atoms with E-state index in [9.17, 15) is 14.4 Å². The molecule has 0 saturated carbocycles. The number of aromatic nitrogens is 2. The molecule has 166 valence electrons. The van der Waals surface area contributed by atoms with Gasteiger partial charge >= 0.3 is 0 Å². The molecule has 0 aliphatic carbocycles. The minimum absolute atomic E-state index is 0.150. The maximum atomic E-state index is 13.4. The average molecular weight is 473 g/mol. The molecule has 1 aliphatic heterocycles. The molecule has 2 amide bonds. The third kappa shape index (κ3) is 4.49. The largest absolute Gasteiger partial charge is 0.334 e. The zero-order valence-corrected chi connectivity index (χ0v) is 19.0. The van der Waals surface area contributed by atoms with E-state index >= 15 is 0 Å². The number of H-pyrrole nitrogens is 1. The Labute approximate surface area is 194 Å². The van der Waals surface area contributed by atoms with Gasteiger partial charge in [-0.25, -0.2) is 4.98 Å². The SMILES string of the molecule is CCN(Cc1nc2ccccc2c(=O)[nH]1)C(=O)C1CCCN1C(=O)c1cc(Cl)cc(Cl)c1. The van der Waals surface area contributed by atoms with Crippen molar-refractivity contribution in [1.82, 2.24) is 19.8 Å². The molecule has 2 heterocycles. The third-order valence-electron chi connectivity index (χ3n) is 5.60. The van der Waals surface area contributed by atoms with E-state index in [-0.39, 0.29) is 23.9 Å². The van der Waals surface area contributed by atoms with Gasteiger partial charge in [0.1, 0.15) is 11.9 Å². The molecule has 0 bridgehead atoms. The molecule has 1 atom stereocenters. The molecule has 9 heteroatoms. The normalized spacial score (nSPS) is 15.8. The summed E-state index contributed by atoms with van der Waals surface area (Å²) in [6, 6.07) is 11.1. The van der Waals surface area contributed by atoms with Gasteiger partial charge in [0.2, 0.25) is 5.91 Å². The number of amides is 2. The first-order valence-corrected chi connectivity index (χ1v) is 11.2. The number of fused-ring (bicyclic) bond motifs is 1. The monoisotopic (exact) mass is 472 g/mol. The Morgan fingerprint density at radius 2 is 1.91 bits per heavy atom. The van der Waals surface area contributed by atoms with Gasteiger partial charge in [-0.15, -0.1) is 0 Å². The van der Waals surface area contributed by atoms with Crippen LogP contribution in [0.25, 0.3) is 10.9 Å². The van der Waals surface area contributed by atoms with E-state index in [4.69, 9.17) is 23.2 Å². The van der Waals surface area contributed by atoms with Crippen molar-refractivity contribution in [2.45, 2.75) is 32.4 Å². The number of likely N-dealkylation sites (N-methyl/N-ethyl adjacent to an activating group) is 1. The van der Waals surface area contributed by atoms with Crippen molar-refractivity contribution in [1.29, 1.82) is 0 Å². The Morgan fingerprint density at radius 3 is 2.62 bits per heavy atom. The fourth-order valence-corrected chi connectivity index (χ4v) is 4.58. The van der Waals surface area contributed by atoms with Crippen LogP contribution in [0.3, 0.4) is 0 Å². The summed E-state index contributed by atoms with van der Waals surface area (Å²) in [5.74, 6) is -0.0535. The molecule has 1 fully saturated rings. The first-order chi connectivity index (χ1) is 15.4. The molecule has 32 heavy (non-hydrogen) atoms. The van der Waals surface area contributed by atoms with Crippen LogP contribution in [0.15, 0.2) is 47.3 Å². The zero-order valence-electron chi connectivity index (χ0n) is 17.5. The number of halogens is 2. The summed E-state index contributed by atoms with van der Waals surface area (Å²) in [6.45, 7) is 2.89. The topological polar surface area (TPSA) is 86.4 Å². The van der Waals surface area contributed by atoms with Gasteiger partial charge in [-0.3, -0.25) is 14.4 Å². The molecule has 0 radical (unpaired) electrons. The fraction of sp³-hybridized carbons (Fsp3) is 0.304. The number of hydrogen-bond donors (Lipinski definition) is 1. The lowest BCUT2D eigenvalue weighted by Crippen LogP contribution is -2.47. The van der Waals surface area contributed by atoms with Crippen LogP contribution in [-0.4, -0.2) is 50.7 Å². The van der Waals surface area contributed by atoms with Crippen molar-refractivity contribution in [3.8, 4) is 0 Å². The number of carbonyl (C=O) groups excluding carboxylic acids is 2. The van der Waals surface area contributed by atoms with Gasteiger partial charge < -0.3 is 14.8 Å². The van der Waals surface area contributed by atoms with Crippen LogP contribution in [0, 0.1) is 0 Å². The van der Waals surface area contributed by atoms with E-state index in [1.54, 1.807) is 46.2 Å². The first-order valence-electron chi connectivity index (χ1n) is 10.4. The maximum Gasteiger partial charge on any atom is 0.258 e. The molecule has 1 saturated heterocycles. The van der Waals surface area contributed by atoms with Crippen molar-refractivity contribution >= 4 is 45.9 Å². The second-order valence-electron chi connectivity index (χ2n) is 7.70. The fourth-order valence-electron chi connectivity index (χ4n) is 4.06. The molecule has 1 aromatic heterocycles. The number of rotatable bonds is 5. The van der Waals surface area contributed by atoms with E-state index in [2.05, 4.69) is 9.97 Å². The number of carbonyl (C=O) groups is 2. The van der Waals surface area contributed by atoms with E-state index in [1.165, 1.54) is 0 Å². The lowest BCUT2D eigenvalue weighted by Gasteiger charge is -2.29. The van der Waals surface area contributed by atoms with Crippen molar-refractivity contribution in [3.63, 3.8) is 0 Å². The number of benzene rings is 2. The Morgan fingerprint density at radius 1 is 1.19 bits per heavy atom. The van der Waals surface area contributed by atoms with E-state index in [0.29, 0.717) is 51.8 Å². The summed E-state index contributed by atoms with van der Waals surface area (Å²) in [6.07, 6.45) is 1.29. The van der Waals surface area contributed by atoms with Gasteiger partial charge in [-0.1, -0.05) is 35.3 Å². The van der Waals surface area contributed by atoms with Gasteiger partial charge in [0, 0.05) is 28.7 Å². The van der Waals surface area contributed by atoms with Gasteiger partial charge in [0.25, 0.3) is 11.5 Å². The predicted octanol–water partition coefficient (Wildman–Crippen LogP) is 3.88. The third-order valence-corrected chi connectivity index (χ3v) is 6.04. The molecule has 4 rings (SSSR count). The number of likely N-dealkylation sites (tertiary alicyclic amines) is 1. The Kier molecular flexibility index (Phi) is 6.48. The predicted molar refractivity (Wildman–Crippen MR) is 124 cm³/mol. The minimum Gasteiger partial charge on any atom is -0.334 e. The van der Waals surface area contributed by atoms with Crippen molar-refractivity contribution < 1.29 is 9.59 Å².